The normalized spacial score (nSPS) is 11.9. The molecule has 4 heterocycles. The van der Waals surface area contributed by atoms with Crippen LogP contribution in [-0.2, 0) is 0 Å². The van der Waals surface area contributed by atoms with Crippen LogP contribution < -0.4 is 0 Å². The van der Waals surface area contributed by atoms with E-state index >= 15 is 0 Å². The lowest BCUT2D eigenvalue weighted by molar-refractivity contribution is 1.13. The van der Waals surface area contributed by atoms with Gasteiger partial charge in [0.15, 0.2) is 0 Å². The minimum Gasteiger partial charge on any atom is -0.309 e. The minimum atomic E-state index is 1.01. The Morgan fingerprint density at radius 3 is 1.41 bits per heavy atom. The molecule has 11 rings (SSSR count). The molecule has 0 fully saturated rings. The van der Waals surface area contributed by atoms with Crippen LogP contribution in [0.3, 0.4) is 0 Å². The van der Waals surface area contributed by atoms with Gasteiger partial charge in [0.2, 0.25) is 0 Å². The quantitative estimate of drug-likeness (QED) is 0.186. The summed E-state index contributed by atoms with van der Waals surface area (Å²) in [5, 5.41) is 6.15. The summed E-state index contributed by atoms with van der Waals surface area (Å²) in [6.07, 6.45) is 1.88. The third-order valence-electron chi connectivity index (χ3n) is 10.5. The SMILES string of the molecule is c1cc(-c2ccc(-n3c4ccccc4c4ncccc43)cc2-n2c3ccccc3c3ccccc32)cc(-n2c3ccccc3c3ccccc32)c1. The Morgan fingerprint density at radius 2 is 0.804 bits per heavy atom. The summed E-state index contributed by atoms with van der Waals surface area (Å²) in [4.78, 5) is 4.82. The van der Waals surface area contributed by atoms with Gasteiger partial charge in [-0.2, -0.15) is 0 Å². The van der Waals surface area contributed by atoms with E-state index in [1.54, 1.807) is 0 Å². The molecule has 0 saturated carbocycles. The summed E-state index contributed by atoms with van der Waals surface area (Å²) < 4.78 is 7.20. The summed E-state index contributed by atoms with van der Waals surface area (Å²) in [5.41, 5.74) is 13.7. The van der Waals surface area contributed by atoms with E-state index < -0.39 is 0 Å². The highest BCUT2D eigenvalue weighted by atomic mass is 15.0. The van der Waals surface area contributed by atoms with Crippen LogP contribution in [0.1, 0.15) is 0 Å². The molecule has 7 aromatic carbocycles. The van der Waals surface area contributed by atoms with Crippen molar-refractivity contribution in [2.75, 3.05) is 0 Å². The van der Waals surface area contributed by atoms with Crippen LogP contribution in [0.5, 0.6) is 0 Å². The number of fused-ring (bicyclic) bond motifs is 9. The summed E-state index contributed by atoms with van der Waals surface area (Å²) in [6.45, 7) is 0. The van der Waals surface area contributed by atoms with Gasteiger partial charge in [-0.15, -0.1) is 0 Å². The second-order valence-corrected chi connectivity index (χ2v) is 13.2. The summed E-state index contributed by atoms with van der Waals surface area (Å²) in [7, 11) is 0. The maximum Gasteiger partial charge on any atom is 0.0963 e. The van der Waals surface area contributed by atoms with E-state index in [1.807, 2.05) is 12.3 Å². The predicted octanol–water partition coefficient (Wildman–Crippen LogP) is 12.0. The zero-order valence-electron chi connectivity index (χ0n) is 27.6. The molecule has 4 aromatic heterocycles. The van der Waals surface area contributed by atoms with Crippen molar-refractivity contribution in [3.8, 4) is 28.2 Å². The molecule has 11 aromatic rings. The fourth-order valence-corrected chi connectivity index (χ4v) is 8.35. The number of benzene rings is 7. The maximum atomic E-state index is 4.82. The Labute approximate surface area is 293 Å². The molecule has 0 spiro atoms. The van der Waals surface area contributed by atoms with Crippen LogP contribution in [0.15, 0.2) is 182 Å². The Kier molecular flexibility index (Phi) is 5.92. The van der Waals surface area contributed by atoms with E-state index in [2.05, 4.69) is 184 Å². The molecule has 0 atom stereocenters. The van der Waals surface area contributed by atoms with E-state index in [0.29, 0.717) is 0 Å². The summed E-state index contributed by atoms with van der Waals surface area (Å²) in [6, 6.07) is 63.6. The van der Waals surface area contributed by atoms with Crippen molar-refractivity contribution in [1.82, 2.24) is 18.7 Å². The van der Waals surface area contributed by atoms with E-state index in [-0.39, 0.29) is 0 Å². The number of hydrogen-bond acceptors (Lipinski definition) is 1. The number of nitrogens with zero attached hydrogens (tertiary/aromatic N) is 4. The van der Waals surface area contributed by atoms with Gasteiger partial charge in [0.1, 0.15) is 0 Å². The molecule has 238 valence electrons. The third-order valence-corrected chi connectivity index (χ3v) is 10.5. The Balaban J connectivity index is 1.22. The molecule has 0 N–H and O–H groups in total. The van der Waals surface area contributed by atoms with Gasteiger partial charge in [-0.25, -0.2) is 0 Å². The second-order valence-electron chi connectivity index (χ2n) is 13.2. The molecule has 0 saturated heterocycles. The number of hydrogen-bond donors (Lipinski definition) is 0. The maximum absolute atomic E-state index is 4.82. The molecule has 0 aliphatic carbocycles. The van der Waals surface area contributed by atoms with Crippen molar-refractivity contribution in [2.45, 2.75) is 0 Å². The zero-order chi connectivity index (χ0) is 33.5. The fraction of sp³-hybridized carbons (Fsp3) is 0. The molecule has 0 amide bonds. The van der Waals surface area contributed by atoms with Crippen molar-refractivity contribution in [3.05, 3.63) is 182 Å². The monoisotopic (exact) mass is 650 g/mol. The number of para-hydroxylation sites is 5. The number of aromatic nitrogens is 4. The molecule has 0 radical (unpaired) electrons. The van der Waals surface area contributed by atoms with E-state index in [9.17, 15) is 0 Å². The van der Waals surface area contributed by atoms with E-state index in [0.717, 1.165) is 50.1 Å². The van der Waals surface area contributed by atoms with Crippen molar-refractivity contribution in [1.29, 1.82) is 0 Å². The van der Waals surface area contributed by atoms with Crippen LogP contribution in [-0.4, -0.2) is 18.7 Å². The van der Waals surface area contributed by atoms with Gasteiger partial charge in [0, 0.05) is 50.1 Å². The van der Waals surface area contributed by atoms with Crippen molar-refractivity contribution >= 4 is 65.5 Å². The van der Waals surface area contributed by atoms with Crippen LogP contribution >= 0.6 is 0 Å². The van der Waals surface area contributed by atoms with E-state index in [4.69, 9.17) is 4.98 Å². The highest BCUT2D eigenvalue weighted by molar-refractivity contribution is 6.11. The summed E-state index contributed by atoms with van der Waals surface area (Å²) >= 11 is 0. The van der Waals surface area contributed by atoms with Gasteiger partial charge in [-0.05, 0) is 72.3 Å². The molecule has 4 nitrogen and oxygen atoms in total. The van der Waals surface area contributed by atoms with Crippen molar-refractivity contribution < 1.29 is 0 Å². The fourth-order valence-electron chi connectivity index (χ4n) is 8.35. The molecular weight excluding hydrogens is 621 g/mol. The minimum absolute atomic E-state index is 1.01. The van der Waals surface area contributed by atoms with Crippen LogP contribution in [0, 0.1) is 0 Å². The van der Waals surface area contributed by atoms with Crippen LogP contribution in [0.25, 0.3) is 93.7 Å². The molecule has 4 heteroatoms. The zero-order valence-corrected chi connectivity index (χ0v) is 27.6. The van der Waals surface area contributed by atoms with Gasteiger partial charge in [-0.3, -0.25) is 4.98 Å². The number of rotatable bonds is 4. The van der Waals surface area contributed by atoms with Gasteiger partial charge in [-0.1, -0.05) is 109 Å². The van der Waals surface area contributed by atoms with Crippen LogP contribution in [0.4, 0.5) is 0 Å². The average Bonchev–Trinajstić information content (AvgIpc) is 3.84. The lowest BCUT2D eigenvalue weighted by Gasteiger charge is -2.18. The lowest BCUT2D eigenvalue weighted by Crippen LogP contribution is -2.02. The highest BCUT2D eigenvalue weighted by Crippen LogP contribution is 2.40. The largest absolute Gasteiger partial charge is 0.309 e. The molecule has 0 aliphatic heterocycles. The van der Waals surface area contributed by atoms with Gasteiger partial charge in [0.05, 0.1) is 44.3 Å². The molecule has 51 heavy (non-hydrogen) atoms. The van der Waals surface area contributed by atoms with Crippen molar-refractivity contribution in [2.24, 2.45) is 0 Å². The number of pyridine rings is 1. The lowest BCUT2D eigenvalue weighted by atomic mass is 10.0. The predicted molar refractivity (Wildman–Crippen MR) is 213 cm³/mol. The topological polar surface area (TPSA) is 27.7 Å². The smallest absolute Gasteiger partial charge is 0.0963 e. The van der Waals surface area contributed by atoms with Gasteiger partial charge >= 0.3 is 0 Å². The first kappa shape index (κ1) is 28.0. The first-order valence-corrected chi connectivity index (χ1v) is 17.4. The first-order valence-electron chi connectivity index (χ1n) is 17.4. The second kappa shape index (κ2) is 10.8. The molecular formula is C47H30N4. The molecule has 0 unspecified atom stereocenters. The highest BCUT2D eigenvalue weighted by Gasteiger charge is 2.20. The Bertz CT molecular complexity index is 2990. The molecule has 0 bridgehead atoms. The van der Waals surface area contributed by atoms with E-state index in [1.165, 1.54) is 43.6 Å². The third kappa shape index (κ3) is 4.05. The first-order chi connectivity index (χ1) is 25.3. The average molecular weight is 651 g/mol. The molecule has 0 aliphatic rings. The van der Waals surface area contributed by atoms with Gasteiger partial charge in [0.25, 0.3) is 0 Å². The summed E-state index contributed by atoms with van der Waals surface area (Å²) in [5.74, 6) is 0. The Morgan fingerprint density at radius 1 is 0.333 bits per heavy atom. The standard InChI is InChI=1S/C47H30N4/c1-6-20-40-35(15-1)36-16-2-7-21-41(36)49(40)32-14-11-13-31(29-32)34-27-26-33(50-44-24-10-5-19-39(44)47-45(50)25-12-28-48-47)30-46(34)51-42-22-8-3-17-37(42)38-18-4-9-23-43(38)51/h1-30H. The van der Waals surface area contributed by atoms with Crippen LogP contribution in [0.2, 0.25) is 0 Å². The van der Waals surface area contributed by atoms with Gasteiger partial charge < -0.3 is 13.7 Å². The Hall–Kier alpha value is -6.91. The van der Waals surface area contributed by atoms with Crippen molar-refractivity contribution in [3.63, 3.8) is 0 Å².